The van der Waals surface area contributed by atoms with Crippen molar-refractivity contribution < 1.29 is 9.90 Å². The van der Waals surface area contributed by atoms with Crippen LogP contribution in [0, 0.1) is 0 Å². The zero-order chi connectivity index (χ0) is 12.3. The van der Waals surface area contributed by atoms with Crippen LogP contribution in [0.1, 0.15) is 18.4 Å². The number of nitrogens with one attached hydrogen (secondary N) is 2. The van der Waals surface area contributed by atoms with Crippen LogP contribution in [-0.4, -0.2) is 24.2 Å². The first-order chi connectivity index (χ1) is 8.20. The third-order valence-corrected chi connectivity index (χ3v) is 2.80. The van der Waals surface area contributed by atoms with Crippen LogP contribution < -0.4 is 16.4 Å². The second-order valence-corrected chi connectivity index (χ2v) is 4.18. The number of carbonyl (C=O) groups is 1. The zero-order valence-electron chi connectivity index (χ0n) is 9.62. The Morgan fingerprint density at radius 3 is 3.00 bits per heavy atom. The van der Waals surface area contributed by atoms with Gasteiger partial charge in [-0.25, -0.2) is 0 Å². The molecule has 0 saturated heterocycles. The number of carbonyl (C=O) groups excluding carboxylic acids is 1. The van der Waals surface area contributed by atoms with Crippen molar-refractivity contribution in [1.29, 1.82) is 0 Å². The summed E-state index contributed by atoms with van der Waals surface area (Å²) in [4.78, 5) is 11.2. The summed E-state index contributed by atoms with van der Waals surface area (Å²) in [5.74, 6) is 0.0110. The molecule has 0 spiro atoms. The Bertz CT molecular complexity index is 432. The molecule has 1 aromatic rings. The van der Waals surface area contributed by atoms with Crippen LogP contribution in [0.15, 0.2) is 12.1 Å². The second kappa shape index (κ2) is 5.05. The van der Waals surface area contributed by atoms with Crippen molar-refractivity contribution >= 4 is 23.0 Å². The van der Waals surface area contributed by atoms with E-state index in [4.69, 9.17) is 10.8 Å². The van der Waals surface area contributed by atoms with Crippen molar-refractivity contribution in [1.82, 2.24) is 0 Å². The van der Waals surface area contributed by atoms with Gasteiger partial charge in [-0.1, -0.05) is 0 Å². The van der Waals surface area contributed by atoms with Crippen LogP contribution in [0.25, 0.3) is 0 Å². The lowest BCUT2D eigenvalue weighted by Crippen LogP contribution is -2.06. The van der Waals surface area contributed by atoms with Gasteiger partial charge < -0.3 is 21.5 Å². The predicted molar refractivity (Wildman–Crippen MR) is 68.0 cm³/mol. The lowest BCUT2D eigenvalue weighted by Gasteiger charge is -2.11. The number of hydrogen-bond donors (Lipinski definition) is 4. The third kappa shape index (κ3) is 2.68. The van der Waals surface area contributed by atoms with E-state index in [-0.39, 0.29) is 12.5 Å². The fraction of sp³-hybridized carbons (Fsp3) is 0.417. The summed E-state index contributed by atoms with van der Waals surface area (Å²) in [5, 5.41) is 14.7. The molecule has 2 rings (SSSR count). The van der Waals surface area contributed by atoms with Crippen molar-refractivity contribution in [2.75, 3.05) is 29.5 Å². The topological polar surface area (TPSA) is 87.4 Å². The molecule has 0 atom stereocenters. The van der Waals surface area contributed by atoms with E-state index in [0.29, 0.717) is 12.1 Å². The number of aliphatic hydroxyl groups is 1. The number of anilines is 3. The van der Waals surface area contributed by atoms with Crippen molar-refractivity contribution in [2.45, 2.75) is 19.3 Å². The molecule has 92 valence electrons. The highest BCUT2D eigenvalue weighted by Gasteiger charge is 2.18. The molecular weight excluding hydrogens is 218 g/mol. The number of nitrogen functional groups attached to an aromatic ring is 1. The van der Waals surface area contributed by atoms with Gasteiger partial charge in [0.25, 0.3) is 0 Å². The molecule has 0 aliphatic carbocycles. The van der Waals surface area contributed by atoms with Gasteiger partial charge >= 0.3 is 0 Å². The van der Waals surface area contributed by atoms with Crippen LogP contribution in [-0.2, 0) is 11.2 Å². The number of benzene rings is 1. The fourth-order valence-electron chi connectivity index (χ4n) is 1.91. The number of amides is 1. The lowest BCUT2D eigenvalue weighted by atomic mass is 10.1. The summed E-state index contributed by atoms with van der Waals surface area (Å²) >= 11 is 0. The minimum atomic E-state index is 0.0110. The number of hydrogen-bond acceptors (Lipinski definition) is 4. The lowest BCUT2D eigenvalue weighted by molar-refractivity contribution is -0.115. The van der Waals surface area contributed by atoms with Gasteiger partial charge in [-0.3, -0.25) is 4.79 Å². The maximum atomic E-state index is 11.2. The number of fused-ring (bicyclic) bond motifs is 1. The van der Waals surface area contributed by atoms with Crippen molar-refractivity contribution in [2.24, 2.45) is 0 Å². The summed E-state index contributed by atoms with van der Waals surface area (Å²) in [7, 11) is 0. The molecule has 5 nitrogen and oxygen atoms in total. The maximum Gasteiger partial charge on any atom is 0.228 e. The SMILES string of the molecule is Nc1cc2c(cc1NCCCCO)NC(=O)C2. The van der Waals surface area contributed by atoms with E-state index in [1.807, 2.05) is 12.1 Å². The van der Waals surface area contributed by atoms with Crippen LogP contribution in [0.2, 0.25) is 0 Å². The zero-order valence-corrected chi connectivity index (χ0v) is 9.62. The maximum absolute atomic E-state index is 11.2. The van der Waals surface area contributed by atoms with Crippen LogP contribution in [0.3, 0.4) is 0 Å². The minimum Gasteiger partial charge on any atom is -0.397 e. The Morgan fingerprint density at radius 2 is 2.24 bits per heavy atom. The van der Waals surface area contributed by atoms with Gasteiger partial charge in [0.15, 0.2) is 0 Å². The Morgan fingerprint density at radius 1 is 1.41 bits per heavy atom. The molecule has 1 amide bonds. The molecule has 0 aromatic heterocycles. The highest BCUT2D eigenvalue weighted by Crippen LogP contribution is 2.31. The average molecular weight is 235 g/mol. The monoisotopic (exact) mass is 235 g/mol. The van der Waals surface area contributed by atoms with Crippen LogP contribution in [0.5, 0.6) is 0 Å². The number of unbranched alkanes of at least 4 members (excludes halogenated alkanes) is 1. The molecule has 1 aliphatic rings. The standard InChI is InChI=1S/C12H17N3O2/c13-9-5-8-6-12(17)15-10(8)7-11(9)14-3-1-2-4-16/h5,7,14,16H,1-4,6,13H2,(H,15,17). The van der Waals surface area contributed by atoms with E-state index < -0.39 is 0 Å². The number of nitrogens with two attached hydrogens (primary N) is 1. The Kier molecular flexibility index (Phi) is 3.49. The third-order valence-electron chi connectivity index (χ3n) is 2.80. The molecule has 0 fully saturated rings. The first-order valence-electron chi connectivity index (χ1n) is 5.77. The largest absolute Gasteiger partial charge is 0.397 e. The van der Waals surface area contributed by atoms with E-state index in [9.17, 15) is 4.79 Å². The van der Waals surface area contributed by atoms with Crippen molar-refractivity contribution in [3.05, 3.63) is 17.7 Å². The van der Waals surface area contributed by atoms with Gasteiger partial charge in [-0.05, 0) is 30.5 Å². The first-order valence-corrected chi connectivity index (χ1v) is 5.77. The molecule has 5 N–H and O–H groups in total. The predicted octanol–water partition coefficient (Wildman–Crippen LogP) is 0.948. The minimum absolute atomic E-state index is 0.0110. The summed E-state index contributed by atoms with van der Waals surface area (Å²) in [6, 6.07) is 3.70. The summed E-state index contributed by atoms with van der Waals surface area (Å²) in [6.45, 7) is 0.967. The summed E-state index contributed by atoms with van der Waals surface area (Å²) < 4.78 is 0. The van der Waals surface area contributed by atoms with E-state index in [1.54, 1.807) is 0 Å². The molecule has 0 radical (unpaired) electrons. The van der Waals surface area contributed by atoms with Gasteiger partial charge in [0, 0.05) is 18.8 Å². The number of rotatable bonds is 5. The highest BCUT2D eigenvalue weighted by atomic mass is 16.2. The van der Waals surface area contributed by atoms with Gasteiger partial charge in [0.1, 0.15) is 0 Å². The number of aliphatic hydroxyl groups excluding tert-OH is 1. The van der Waals surface area contributed by atoms with Gasteiger partial charge in [-0.15, -0.1) is 0 Å². The smallest absolute Gasteiger partial charge is 0.228 e. The highest BCUT2D eigenvalue weighted by molar-refractivity contribution is 6.00. The molecule has 17 heavy (non-hydrogen) atoms. The fourth-order valence-corrected chi connectivity index (χ4v) is 1.91. The Labute approximate surface area is 100 Å². The first kappa shape index (κ1) is 11.7. The van der Waals surface area contributed by atoms with Crippen LogP contribution in [0.4, 0.5) is 17.1 Å². The van der Waals surface area contributed by atoms with Crippen molar-refractivity contribution in [3.63, 3.8) is 0 Å². The molecule has 5 heteroatoms. The van der Waals surface area contributed by atoms with E-state index in [1.165, 1.54) is 0 Å². The molecule has 0 saturated carbocycles. The molecule has 0 bridgehead atoms. The van der Waals surface area contributed by atoms with Gasteiger partial charge in [0.2, 0.25) is 5.91 Å². The van der Waals surface area contributed by atoms with Gasteiger partial charge in [-0.2, -0.15) is 0 Å². The quantitative estimate of drug-likeness (QED) is 0.452. The second-order valence-electron chi connectivity index (χ2n) is 4.18. The normalized spacial score (nSPS) is 13.4. The van der Waals surface area contributed by atoms with E-state index >= 15 is 0 Å². The molecule has 1 aromatic carbocycles. The van der Waals surface area contributed by atoms with Crippen molar-refractivity contribution in [3.8, 4) is 0 Å². The van der Waals surface area contributed by atoms with E-state index in [0.717, 1.165) is 36.3 Å². The Hall–Kier alpha value is -1.75. The summed E-state index contributed by atoms with van der Waals surface area (Å²) in [5.41, 5.74) is 9.19. The van der Waals surface area contributed by atoms with Crippen LogP contribution >= 0.6 is 0 Å². The van der Waals surface area contributed by atoms with E-state index in [2.05, 4.69) is 10.6 Å². The molecule has 0 unspecified atom stereocenters. The molecular formula is C12H17N3O2. The Balaban J connectivity index is 2.03. The molecule has 1 heterocycles. The molecule has 1 aliphatic heterocycles. The van der Waals surface area contributed by atoms with Gasteiger partial charge in [0.05, 0.1) is 17.8 Å². The summed E-state index contributed by atoms with van der Waals surface area (Å²) in [6.07, 6.45) is 2.07. The average Bonchev–Trinajstić information content (AvgIpc) is 2.63.